The molecule has 1 saturated carbocycles. The second-order valence-corrected chi connectivity index (χ2v) is 10.8. The van der Waals surface area contributed by atoms with Gasteiger partial charge < -0.3 is 31.1 Å². The Balaban J connectivity index is 2.02. The number of carbonyl (C=O) groups is 4. The van der Waals surface area contributed by atoms with E-state index in [1.165, 1.54) is 17.0 Å². The first-order valence-electron chi connectivity index (χ1n) is 13.1. The van der Waals surface area contributed by atoms with Gasteiger partial charge >= 0.3 is 6.09 Å². The van der Waals surface area contributed by atoms with E-state index in [9.17, 15) is 24.3 Å². The fraction of sp³-hybridized carbons (Fsp3) is 0.448. The van der Waals surface area contributed by atoms with E-state index in [-0.39, 0.29) is 24.6 Å². The molecule has 2 aromatic carbocycles. The Morgan fingerprint density at radius 2 is 1.72 bits per heavy atom. The number of rotatable bonds is 10. The maximum absolute atomic E-state index is 14.2. The highest BCUT2D eigenvalue weighted by Gasteiger charge is 2.42. The van der Waals surface area contributed by atoms with Crippen LogP contribution in [0.2, 0.25) is 0 Å². The molecule has 1 fully saturated rings. The number of phenols is 1. The number of amides is 4. The van der Waals surface area contributed by atoms with E-state index >= 15 is 0 Å². The third-order valence-corrected chi connectivity index (χ3v) is 6.53. The van der Waals surface area contributed by atoms with E-state index in [1.807, 2.05) is 19.1 Å². The average molecular weight is 539 g/mol. The van der Waals surface area contributed by atoms with Crippen molar-refractivity contribution in [3.8, 4) is 5.75 Å². The Kier molecular flexibility index (Phi) is 9.56. The van der Waals surface area contributed by atoms with Crippen LogP contribution in [0.15, 0.2) is 48.5 Å². The molecule has 210 valence electrons. The lowest BCUT2D eigenvalue weighted by Crippen LogP contribution is -2.57. The molecule has 5 N–H and O–H groups in total. The van der Waals surface area contributed by atoms with Gasteiger partial charge in [-0.05, 0) is 82.7 Å². The number of nitrogens with zero attached hydrogens (tertiary/aromatic N) is 1. The first kappa shape index (κ1) is 29.5. The molecule has 2 unspecified atom stereocenters. The molecule has 0 aromatic heterocycles. The summed E-state index contributed by atoms with van der Waals surface area (Å²) in [5.41, 5.74) is 6.50. The minimum atomic E-state index is -1.15. The van der Waals surface area contributed by atoms with Crippen molar-refractivity contribution in [1.82, 2.24) is 10.2 Å². The van der Waals surface area contributed by atoms with Crippen molar-refractivity contribution < 1.29 is 29.0 Å². The summed E-state index contributed by atoms with van der Waals surface area (Å²) >= 11 is 0. The van der Waals surface area contributed by atoms with Crippen molar-refractivity contribution in [2.75, 3.05) is 5.32 Å². The van der Waals surface area contributed by atoms with E-state index < -0.39 is 41.5 Å². The summed E-state index contributed by atoms with van der Waals surface area (Å²) in [5.74, 6) is -1.57. The summed E-state index contributed by atoms with van der Waals surface area (Å²) in [6.07, 6.45) is 1.20. The minimum absolute atomic E-state index is 0.0178. The van der Waals surface area contributed by atoms with Gasteiger partial charge in [-0.1, -0.05) is 30.3 Å². The second kappa shape index (κ2) is 12.6. The van der Waals surface area contributed by atoms with Crippen LogP contribution in [0.1, 0.15) is 70.0 Å². The molecule has 0 heterocycles. The molecular formula is C29H38N4O6. The molecule has 0 bridgehead atoms. The normalized spacial score (nSPS) is 14.9. The molecule has 2 atom stereocenters. The molecule has 0 aliphatic heterocycles. The number of nitrogens with one attached hydrogen (secondary N) is 2. The standard InChI is InChI=1S/C29H38N4O6/c1-18-8-5-6-11-22(18)31-26(36)25(19-12-14-21(34)15-13-19)33(20-9-7-10-20)27(37)23(16-17-24(30)35)32-28(38)39-29(2,3)4/h5-6,8,11-15,20,23,25,34H,7,9-10,16-17H2,1-4H3,(H2,30,35)(H,31,36)(H,32,38). The van der Waals surface area contributed by atoms with Crippen molar-refractivity contribution in [3.05, 3.63) is 59.7 Å². The highest BCUT2D eigenvalue weighted by molar-refractivity contribution is 5.99. The third kappa shape index (κ3) is 8.20. The zero-order chi connectivity index (χ0) is 28.7. The predicted molar refractivity (Wildman–Crippen MR) is 147 cm³/mol. The van der Waals surface area contributed by atoms with Gasteiger partial charge in [0.05, 0.1) is 0 Å². The smallest absolute Gasteiger partial charge is 0.408 e. The van der Waals surface area contributed by atoms with Crippen molar-refractivity contribution in [3.63, 3.8) is 0 Å². The number of anilines is 1. The number of para-hydroxylation sites is 1. The van der Waals surface area contributed by atoms with Gasteiger partial charge in [0.1, 0.15) is 23.4 Å². The summed E-state index contributed by atoms with van der Waals surface area (Å²) in [6, 6.07) is 10.9. The van der Waals surface area contributed by atoms with Gasteiger partial charge in [0, 0.05) is 18.2 Å². The quantitative estimate of drug-likeness (QED) is 0.360. The Labute approximate surface area is 228 Å². The molecule has 1 aliphatic carbocycles. The highest BCUT2D eigenvalue weighted by Crippen LogP contribution is 2.35. The number of ether oxygens (including phenoxy) is 1. The number of phenolic OH excluding ortho intramolecular Hbond substituents is 1. The lowest BCUT2D eigenvalue weighted by Gasteiger charge is -2.43. The van der Waals surface area contributed by atoms with Gasteiger partial charge in [-0.15, -0.1) is 0 Å². The molecule has 3 rings (SSSR count). The largest absolute Gasteiger partial charge is 0.508 e. The second-order valence-electron chi connectivity index (χ2n) is 10.8. The summed E-state index contributed by atoms with van der Waals surface area (Å²) in [4.78, 5) is 53.8. The molecule has 0 saturated heterocycles. The number of benzene rings is 2. The van der Waals surface area contributed by atoms with Gasteiger partial charge in [0.2, 0.25) is 11.8 Å². The molecule has 4 amide bonds. The summed E-state index contributed by atoms with van der Waals surface area (Å²) in [7, 11) is 0. The van der Waals surface area contributed by atoms with Crippen LogP contribution in [0.25, 0.3) is 0 Å². The van der Waals surface area contributed by atoms with Crippen molar-refractivity contribution >= 4 is 29.5 Å². The molecule has 10 nitrogen and oxygen atoms in total. The van der Waals surface area contributed by atoms with E-state index in [4.69, 9.17) is 10.5 Å². The number of hydrogen-bond donors (Lipinski definition) is 4. The Morgan fingerprint density at radius 3 is 2.26 bits per heavy atom. The van der Waals surface area contributed by atoms with E-state index in [0.717, 1.165) is 12.0 Å². The lowest BCUT2D eigenvalue weighted by molar-refractivity contribution is -0.146. The summed E-state index contributed by atoms with van der Waals surface area (Å²) in [5, 5.41) is 15.4. The van der Waals surface area contributed by atoms with Crippen molar-refractivity contribution in [2.45, 2.75) is 83.5 Å². The summed E-state index contributed by atoms with van der Waals surface area (Å²) in [6.45, 7) is 6.96. The van der Waals surface area contributed by atoms with Gasteiger partial charge in [-0.2, -0.15) is 0 Å². The van der Waals surface area contributed by atoms with Gasteiger partial charge in [-0.3, -0.25) is 14.4 Å². The SMILES string of the molecule is Cc1ccccc1NC(=O)C(c1ccc(O)cc1)N(C(=O)C(CCC(N)=O)NC(=O)OC(C)(C)C)C1CCC1. The first-order valence-corrected chi connectivity index (χ1v) is 13.1. The zero-order valence-corrected chi connectivity index (χ0v) is 22.9. The molecule has 2 aromatic rings. The van der Waals surface area contributed by atoms with Crippen molar-refractivity contribution in [1.29, 1.82) is 0 Å². The van der Waals surface area contributed by atoms with Gasteiger partial charge in [0.25, 0.3) is 5.91 Å². The zero-order valence-electron chi connectivity index (χ0n) is 22.9. The Hall–Kier alpha value is -4.08. The fourth-order valence-corrected chi connectivity index (χ4v) is 4.37. The van der Waals surface area contributed by atoms with Crippen LogP contribution in [0, 0.1) is 6.92 Å². The first-order chi connectivity index (χ1) is 18.4. The monoisotopic (exact) mass is 538 g/mol. The maximum Gasteiger partial charge on any atom is 0.408 e. The van der Waals surface area contributed by atoms with Crippen LogP contribution in [0.3, 0.4) is 0 Å². The highest BCUT2D eigenvalue weighted by atomic mass is 16.6. The number of nitrogens with two attached hydrogens (primary N) is 1. The van der Waals surface area contributed by atoms with Crippen LogP contribution in [0.5, 0.6) is 5.75 Å². The number of alkyl carbamates (subject to hydrolysis) is 1. The topological polar surface area (TPSA) is 151 Å². The number of aryl methyl sites for hydroxylation is 1. The number of aromatic hydroxyl groups is 1. The number of carbonyl (C=O) groups excluding carboxylic acids is 4. The Bertz CT molecular complexity index is 1190. The number of hydrogen-bond acceptors (Lipinski definition) is 6. The van der Waals surface area contributed by atoms with Gasteiger partial charge in [0.15, 0.2) is 0 Å². The van der Waals surface area contributed by atoms with E-state index in [0.29, 0.717) is 24.1 Å². The van der Waals surface area contributed by atoms with Gasteiger partial charge in [-0.25, -0.2) is 4.79 Å². The van der Waals surface area contributed by atoms with Crippen LogP contribution >= 0.6 is 0 Å². The van der Waals surface area contributed by atoms with Crippen LogP contribution in [-0.2, 0) is 19.1 Å². The maximum atomic E-state index is 14.2. The van der Waals surface area contributed by atoms with Crippen LogP contribution in [0.4, 0.5) is 10.5 Å². The fourth-order valence-electron chi connectivity index (χ4n) is 4.37. The lowest BCUT2D eigenvalue weighted by atomic mass is 9.87. The molecule has 39 heavy (non-hydrogen) atoms. The average Bonchev–Trinajstić information content (AvgIpc) is 2.81. The molecule has 1 aliphatic rings. The summed E-state index contributed by atoms with van der Waals surface area (Å²) < 4.78 is 5.36. The number of primary amides is 1. The van der Waals surface area contributed by atoms with Crippen LogP contribution < -0.4 is 16.4 Å². The third-order valence-electron chi connectivity index (χ3n) is 6.53. The predicted octanol–water partition coefficient (Wildman–Crippen LogP) is 3.92. The molecule has 10 heteroatoms. The van der Waals surface area contributed by atoms with E-state index in [1.54, 1.807) is 45.0 Å². The van der Waals surface area contributed by atoms with E-state index in [2.05, 4.69) is 10.6 Å². The molecule has 0 spiro atoms. The van der Waals surface area contributed by atoms with Crippen molar-refractivity contribution in [2.24, 2.45) is 5.73 Å². The minimum Gasteiger partial charge on any atom is -0.508 e. The Morgan fingerprint density at radius 1 is 1.08 bits per heavy atom. The van der Waals surface area contributed by atoms with Crippen LogP contribution in [-0.4, -0.2) is 51.5 Å². The molecule has 0 radical (unpaired) electrons. The molecular weight excluding hydrogens is 500 g/mol.